The number of hydrogen-bond acceptors (Lipinski definition) is 3. The second-order valence-corrected chi connectivity index (χ2v) is 6.92. The van der Waals surface area contributed by atoms with Crippen LogP contribution >= 0.6 is 27.5 Å². The van der Waals surface area contributed by atoms with Crippen LogP contribution in [-0.4, -0.2) is 41.0 Å². The van der Waals surface area contributed by atoms with E-state index in [1.54, 1.807) is 0 Å². The van der Waals surface area contributed by atoms with Crippen LogP contribution in [0.1, 0.15) is 11.1 Å². The Bertz CT molecular complexity index is 613. The Hall–Kier alpha value is -0.940. The zero-order valence-electron chi connectivity index (χ0n) is 12.4. The average Bonchev–Trinajstić information content (AvgIpc) is 2.54. The summed E-state index contributed by atoms with van der Waals surface area (Å²) in [6.45, 7) is 6.37. The topological polar surface area (TPSA) is 19.4 Å². The summed E-state index contributed by atoms with van der Waals surface area (Å²) in [5, 5.41) is 0.769. The van der Waals surface area contributed by atoms with Gasteiger partial charge in [-0.2, -0.15) is 0 Å². The van der Waals surface area contributed by atoms with Crippen molar-refractivity contribution in [3.05, 3.63) is 63.3 Å². The highest BCUT2D eigenvalue weighted by atomic mass is 79.9. The Morgan fingerprint density at radius 3 is 2.27 bits per heavy atom. The minimum Gasteiger partial charge on any atom is -0.297 e. The number of hydrogen-bond donors (Lipinski definition) is 0. The molecule has 0 amide bonds. The van der Waals surface area contributed by atoms with E-state index >= 15 is 0 Å². The van der Waals surface area contributed by atoms with E-state index in [1.165, 1.54) is 11.1 Å². The lowest BCUT2D eigenvalue weighted by Gasteiger charge is -2.34. The Morgan fingerprint density at radius 2 is 1.68 bits per heavy atom. The Balaban J connectivity index is 1.50. The van der Waals surface area contributed by atoms with Crippen molar-refractivity contribution in [1.29, 1.82) is 0 Å². The molecule has 0 radical (unpaired) electrons. The van der Waals surface area contributed by atoms with Gasteiger partial charge in [0.25, 0.3) is 0 Å². The van der Waals surface area contributed by atoms with Gasteiger partial charge < -0.3 is 0 Å². The van der Waals surface area contributed by atoms with E-state index in [9.17, 15) is 0 Å². The normalized spacial score (nSPS) is 16.8. The van der Waals surface area contributed by atoms with E-state index < -0.39 is 0 Å². The molecule has 0 atom stereocenters. The van der Waals surface area contributed by atoms with Crippen LogP contribution in [-0.2, 0) is 13.1 Å². The van der Waals surface area contributed by atoms with Gasteiger partial charge in [0.05, 0.1) is 5.02 Å². The van der Waals surface area contributed by atoms with Gasteiger partial charge in [-0.3, -0.25) is 14.8 Å². The van der Waals surface area contributed by atoms with E-state index in [0.29, 0.717) is 0 Å². The maximum Gasteiger partial charge on any atom is 0.0548 e. The third-order valence-electron chi connectivity index (χ3n) is 3.98. The van der Waals surface area contributed by atoms with Crippen molar-refractivity contribution in [1.82, 2.24) is 14.8 Å². The molecule has 0 N–H and O–H groups in total. The van der Waals surface area contributed by atoms with E-state index in [1.807, 2.05) is 24.5 Å². The summed E-state index contributed by atoms with van der Waals surface area (Å²) in [7, 11) is 0. The van der Waals surface area contributed by atoms with Crippen LogP contribution in [0.5, 0.6) is 0 Å². The summed E-state index contributed by atoms with van der Waals surface area (Å²) in [4.78, 5) is 9.17. The molecule has 5 heteroatoms. The molecule has 1 aromatic heterocycles. The fraction of sp³-hybridized carbons (Fsp3) is 0.353. The first-order valence-corrected chi connectivity index (χ1v) is 8.65. The molecule has 1 saturated heterocycles. The highest BCUT2D eigenvalue weighted by molar-refractivity contribution is 9.10. The SMILES string of the molecule is Clc1ccc(CN2CCN(Cc3cccnc3)CC2)cc1Br. The van der Waals surface area contributed by atoms with E-state index in [0.717, 1.165) is 48.8 Å². The molecule has 0 saturated carbocycles. The zero-order chi connectivity index (χ0) is 15.4. The zero-order valence-corrected chi connectivity index (χ0v) is 14.7. The van der Waals surface area contributed by atoms with Crippen LogP contribution in [0.4, 0.5) is 0 Å². The summed E-state index contributed by atoms with van der Waals surface area (Å²) in [5.74, 6) is 0. The summed E-state index contributed by atoms with van der Waals surface area (Å²) < 4.78 is 0.974. The first kappa shape index (κ1) is 15.9. The first-order valence-electron chi connectivity index (χ1n) is 7.48. The maximum absolute atomic E-state index is 6.05. The van der Waals surface area contributed by atoms with Gasteiger partial charge in [-0.1, -0.05) is 23.7 Å². The van der Waals surface area contributed by atoms with Gasteiger partial charge in [0.15, 0.2) is 0 Å². The molecule has 1 aliphatic heterocycles. The van der Waals surface area contributed by atoms with Gasteiger partial charge in [-0.15, -0.1) is 0 Å². The molecule has 1 fully saturated rings. The van der Waals surface area contributed by atoms with Gasteiger partial charge in [-0.05, 0) is 45.3 Å². The summed E-state index contributed by atoms with van der Waals surface area (Å²) >= 11 is 9.54. The number of piperazine rings is 1. The van der Waals surface area contributed by atoms with Crippen molar-refractivity contribution in [2.75, 3.05) is 26.2 Å². The van der Waals surface area contributed by atoms with Crippen molar-refractivity contribution in [2.45, 2.75) is 13.1 Å². The van der Waals surface area contributed by atoms with E-state index in [2.05, 4.69) is 48.9 Å². The first-order chi connectivity index (χ1) is 10.7. The smallest absolute Gasteiger partial charge is 0.0548 e. The van der Waals surface area contributed by atoms with Gasteiger partial charge in [-0.25, -0.2) is 0 Å². The highest BCUT2D eigenvalue weighted by Gasteiger charge is 2.17. The molecule has 0 bridgehead atoms. The van der Waals surface area contributed by atoms with Crippen molar-refractivity contribution >= 4 is 27.5 Å². The third kappa shape index (κ3) is 4.29. The van der Waals surface area contributed by atoms with Crippen LogP contribution in [0.3, 0.4) is 0 Å². The monoisotopic (exact) mass is 379 g/mol. The second kappa shape index (κ2) is 7.55. The largest absolute Gasteiger partial charge is 0.297 e. The van der Waals surface area contributed by atoms with Crippen LogP contribution in [0.2, 0.25) is 5.02 Å². The number of aromatic nitrogens is 1. The van der Waals surface area contributed by atoms with Gasteiger partial charge in [0.1, 0.15) is 0 Å². The molecule has 0 aliphatic carbocycles. The molecular weight excluding hydrogens is 362 g/mol. The molecule has 0 unspecified atom stereocenters. The highest BCUT2D eigenvalue weighted by Crippen LogP contribution is 2.24. The lowest BCUT2D eigenvalue weighted by Crippen LogP contribution is -2.45. The van der Waals surface area contributed by atoms with Gasteiger partial charge >= 0.3 is 0 Å². The number of nitrogens with zero attached hydrogens (tertiary/aromatic N) is 3. The fourth-order valence-corrected chi connectivity index (χ4v) is 3.30. The Kier molecular flexibility index (Phi) is 5.47. The lowest BCUT2D eigenvalue weighted by atomic mass is 10.2. The molecule has 0 spiro atoms. The van der Waals surface area contributed by atoms with Crippen molar-refractivity contribution < 1.29 is 0 Å². The fourth-order valence-electron chi connectivity index (χ4n) is 2.75. The molecule has 3 nitrogen and oxygen atoms in total. The Labute approximate surface area is 145 Å². The number of benzene rings is 1. The molecule has 1 aromatic carbocycles. The molecule has 2 heterocycles. The molecule has 116 valence electrons. The molecule has 3 rings (SSSR count). The maximum atomic E-state index is 6.05. The lowest BCUT2D eigenvalue weighted by molar-refractivity contribution is 0.122. The quantitative estimate of drug-likeness (QED) is 0.804. The minimum atomic E-state index is 0.769. The number of halogens is 2. The van der Waals surface area contributed by atoms with Gasteiger partial charge in [0, 0.05) is 56.1 Å². The molecule has 2 aromatic rings. The van der Waals surface area contributed by atoms with Crippen LogP contribution in [0.15, 0.2) is 47.2 Å². The average molecular weight is 381 g/mol. The summed E-state index contributed by atoms with van der Waals surface area (Å²) in [6.07, 6.45) is 3.78. The summed E-state index contributed by atoms with van der Waals surface area (Å²) in [5.41, 5.74) is 2.59. The Morgan fingerprint density at radius 1 is 1.00 bits per heavy atom. The third-order valence-corrected chi connectivity index (χ3v) is 5.20. The predicted molar refractivity (Wildman–Crippen MR) is 93.9 cm³/mol. The van der Waals surface area contributed by atoms with Crippen LogP contribution in [0, 0.1) is 0 Å². The molecule has 22 heavy (non-hydrogen) atoms. The molecule has 1 aliphatic rings. The predicted octanol–water partition coefficient (Wildman–Crippen LogP) is 3.82. The number of pyridine rings is 1. The minimum absolute atomic E-state index is 0.769. The summed E-state index contributed by atoms with van der Waals surface area (Å²) in [6, 6.07) is 10.3. The van der Waals surface area contributed by atoms with Crippen LogP contribution < -0.4 is 0 Å². The van der Waals surface area contributed by atoms with Crippen molar-refractivity contribution in [2.24, 2.45) is 0 Å². The van der Waals surface area contributed by atoms with E-state index in [-0.39, 0.29) is 0 Å². The molecular formula is C17H19BrClN3. The van der Waals surface area contributed by atoms with Gasteiger partial charge in [0.2, 0.25) is 0 Å². The van der Waals surface area contributed by atoms with Crippen molar-refractivity contribution in [3.63, 3.8) is 0 Å². The van der Waals surface area contributed by atoms with Crippen molar-refractivity contribution in [3.8, 4) is 0 Å². The standard InChI is InChI=1S/C17H19BrClN3/c18-16-10-14(3-4-17(16)19)12-21-6-8-22(9-7-21)13-15-2-1-5-20-11-15/h1-5,10-11H,6-9,12-13H2. The van der Waals surface area contributed by atoms with E-state index in [4.69, 9.17) is 11.6 Å². The second-order valence-electron chi connectivity index (χ2n) is 5.66. The number of rotatable bonds is 4. The van der Waals surface area contributed by atoms with Crippen LogP contribution in [0.25, 0.3) is 0 Å².